The van der Waals surface area contributed by atoms with Gasteiger partial charge >= 0.3 is 0 Å². The highest BCUT2D eigenvalue weighted by Crippen LogP contribution is 2.32. The van der Waals surface area contributed by atoms with Crippen LogP contribution in [0.15, 0.2) is 34.7 Å². The summed E-state index contributed by atoms with van der Waals surface area (Å²) in [5.74, 6) is 1.77. The molecule has 3 heterocycles. The van der Waals surface area contributed by atoms with Gasteiger partial charge in [-0.15, -0.1) is 0 Å². The maximum atomic E-state index is 12.5. The maximum Gasteiger partial charge on any atom is 0.291 e. The minimum atomic E-state index is -0.343. The topological polar surface area (TPSA) is 78.5 Å². The van der Waals surface area contributed by atoms with Gasteiger partial charge in [0.25, 0.3) is 5.91 Å². The predicted octanol–water partition coefficient (Wildman–Crippen LogP) is 3.82. The van der Waals surface area contributed by atoms with Crippen molar-refractivity contribution in [1.29, 1.82) is 0 Å². The van der Waals surface area contributed by atoms with E-state index in [0.29, 0.717) is 47.7 Å². The van der Waals surface area contributed by atoms with Gasteiger partial charge in [0.1, 0.15) is 19.0 Å². The molecule has 0 unspecified atom stereocenters. The van der Waals surface area contributed by atoms with Crippen molar-refractivity contribution >= 4 is 23.2 Å². The van der Waals surface area contributed by atoms with Gasteiger partial charge < -0.3 is 19.2 Å². The zero-order valence-electron chi connectivity index (χ0n) is 14.9. The molecule has 140 valence electrons. The zero-order valence-corrected chi connectivity index (χ0v) is 15.7. The SMILES string of the molecule is Cc1nn(Cc2ccc(C(=O)Nc3ccc4c(c3)OCCO4)o2)c(C)c1Cl. The summed E-state index contributed by atoms with van der Waals surface area (Å²) in [7, 11) is 0. The standard InChI is InChI=1S/C19H18ClN3O4/c1-11-18(20)12(2)23(22-11)10-14-4-6-16(27-14)19(24)21-13-3-5-15-17(9-13)26-8-7-25-15/h3-6,9H,7-8,10H2,1-2H3,(H,21,24). The van der Waals surface area contributed by atoms with Crippen LogP contribution in [0.1, 0.15) is 27.7 Å². The Morgan fingerprint density at radius 3 is 2.70 bits per heavy atom. The number of ether oxygens (including phenoxy) is 2. The number of aryl methyl sites for hydroxylation is 1. The van der Waals surface area contributed by atoms with Crippen LogP contribution in [-0.2, 0) is 6.54 Å². The van der Waals surface area contributed by atoms with E-state index in [9.17, 15) is 4.79 Å². The molecule has 2 aromatic heterocycles. The molecule has 0 saturated carbocycles. The van der Waals surface area contributed by atoms with Gasteiger partial charge in [0, 0.05) is 11.8 Å². The number of carbonyl (C=O) groups is 1. The first kappa shape index (κ1) is 17.5. The van der Waals surface area contributed by atoms with Gasteiger partial charge in [0.15, 0.2) is 17.3 Å². The maximum absolute atomic E-state index is 12.5. The predicted molar refractivity (Wildman–Crippen MR) is 99.9 cm³/mol. The third kappa shape index (κ3) is 3.50. The van der Waals surface area contributed by atoms with Crippen molar-refractivity contribution < 1.29 is 18.7 Å². The molecule has 1 aromatic carbocycles. The fourth-order valence-corrected chi connectivity index (χ4v) is 3.01. The van der Waals surface area contributed by atoms with E-state index in [1.807, 2.05) is 13.8 Å². The van der Waals surface area contributed by atoms with E-state index in [-0.39, 0.29) is 11.7 Å². The molecule has 1 amide bonds. The number of nitrogens with one attached hydrogen (secondary N) is 1. The lowest BCUT2D eigenvalue weighted by molar-refractivity contribution is 0.0994. The lowest BCUT2D eigenvalue weighted by atomic mass is 10.2. The Kier molecular flexibility index (Phi) is 4.53. The molecule has 0 aliphatic carbocycles. The minimum absolute atomic E-state index is 0.215. The second-order valence-electron chi connectivity index (χ2n) is 6.22. The van der Waals surface area contributed by atoms with Crippen LogP contribution in [0.2, 0.25) is 5.02 Å². The molecule has 7 nitrogen and oxygen atoms in total. The van der Waals surface area contributed by atoms with E-state index in [0.717, 1.165) is 11.4 Å². The van der Waals surface area contributed by atoms with Crippen LogP contribution >= 0.6 is 11.6 Å². The second kappa shape index (κ2) is 7.00. The molecule has 0 bridgehead atoms. The molecule has 0 atom stereocenters. The molecule has 0 saturated heterocycles. The van der Waals surface area contributed by atoms with Crippen LogP contribution in [0.25, 0.3) is 0 Å². The highest BCUT2D eigenvalue weighted by molar-refractivity contribution is 6.31. The monoisotopic (exact) mass is 387 g/mol. The van der Waals surface area contributed by atoms with Gasteiger partial charge in [-0.3, -0.25) is 9.48 Å². The van der Waals surface area contributed by atoms with E-state index in [1.165, 1.54) is 0 Å². The van der Waals surface area contributed by atoms with Crippen molar-refractivity contribution in [3.8, 4) is 11.5 Å². The second-order valence-corrected chi connectivity index (χ2v) is 6.60. The summed E-state index contributed by atoms with van der Waals surface area (Å²) in [6.45, 7) is 5.15. The number of aromatic nitrogens is 2. The first-order valence-electron chi connectivity index (χ1n) is 8.50. The minimum Gasteiger partial charge on any atom is -0.486 e. The summed E-state index contributed by atoms with van der Waals surface area (Å²) in [6, 6.07) is 8.64. The Morgan fingerprint density at radius 2 is 1.96 bits per heavy atom. The molecule has 1 aliphatic heterocycles. The summed E-state index contributed by atoms with van der Waals surface area (Å²) >= 11 is 6.16. The van der Waals surface area contributed by atoms with Gasteiger partial charge in [-0.2, -0.15) is 5.10 Å². The molecule has 27 heavy (non-hydrogen) atoms. The molecular formula is C19H18ClN3O4. The lowest BCUT2D eigenvalue weighted by Gasteiger charge is -2.18. The van der Waals surface area contributed by atoms with Crippen LogP contribution < -0.4 is 14.8 Å². The third-order valence-corrected chi connectivity index (χ3v) is 4.83. The van der Waals surface area contributed by atoms with E-state index < -0.39 is 0 Å². The first-order valence-corrected chi connectivity index (χ1v) is 8.88. The van der Waals surface area contributed by atoms with Crippen molar-refractivity contribution in [2.45, 2.75) is 20.4 Å². The fourth-order valence-electron chi connectivity index (χ4n) is 2.88. The molecule has 8 heteroatoms. The lowest BCUT2D eigenvalue weighted by Crippen LogP contribution is -2.16. The Balaban J connectivity index is 1.46. The number of hydrogen-bond acceptors (Lipinski definition) is 5. The van der Waals surface area contributed by atoms with E-state index in [2.05, 4.69) is 10.4 Å². The largest absolute Gasteiger partial charge is 0.486 e. The number of nitrogens with zero attached hydrogens (tertiary/aromatic N) is 2. The van der Waals surface area contributed by atoms with Crippen LogP contribution in [0.5, 0.6) is 11.5 Å². The number of carbonyl (C=O) groups excluding carboxylic acids is 1. The van der Waals surface area contributed by atoms with Crippen LogP contribution in [0.4, 0.5) is 5.69 Å². The smallest absolute Gasteiger partial charge is 0.291 e. The fraction of sp³-hybridized carbons (Fsp3) is 0.263. The van der Waals surface area contributed by atoms with Crippen molar-refractivity contribution in [3.05, 3.63) is 58.3 Å². The molecule has 0 radical (unpaired) electrons. The number of amides is 1. The Hall–Kier alpha value is -2.93. The molecule has 3 aromatic rings. The average molecular weight is 388 g/mol. The van der Waals surface area contributed by atoms with Crippen molar-refractivity contribution in [1.82, 2.24) is 9.78 Å². The van der Waals surface area contributed by atoms with Gasteiger partial charge in [0.2, 0.25) is 0 Å². The number of anilines is 1. The molecule has 4 rings (SSSR count). The normalized spacial score (nSPS) is 12.9. The summed E-state index contributed by atoms with van der Waals surface area (Å²) < 4.78 is 18.4. The van der Waals surface area contributed by atoms with Gasteiger partial charge in [-0.25, -0.2) is 0 Å². The number of halogens is 1. The van der Waals surface area contributed by atoms with E-state index in [1.54, 1.807) is 35.0 Å². The number of benzene rings is 1. The molecule has 1 aliphatic rings. The molecule has 0 spiro atoms. The summed E-state index contributed by atoms with van der Waals surface area (Å²) in [6.07, 6.45) is 0. The van der Waals surface area contributed by atoms with Crippen LogP contribution in [0, 0.1) is 13.8 Å². The molecule has 0 fully saturated rings. The Morgan fingerprint density at radius 1 is 1.19 bits per heavy atom. The summed E-state index contributed by atoms with van der Waals surface area (Å²) in [5, 5.41) is 7.80. The molecule has 1 N–H and O–H groups in total. The Bertz CT molecular complexity index is 1010. The zero-order chi connectivity index (χ0) is 19.0. The van der Waals surface area contributed by atoms with E-state index >= 15 is 0 Å². The highest BCUT2D eigenvalue weighted by atomic mass is 35.5. The quantitative estimate of drug-likeness (QED) is 0.736. The van der Waals surface area contributed by atoms with Gasteiger partial charge in [-0.05, 0) is 38.1 Å². The number of rotatable bonds is 4. The van der Waals surface area contributed by atoms with Crippen molar-refractivity contribution in [2.24, 2.45) is 0 Å². The average Bonchev–Trinajstić information content (AvgIpc) is 3.23. The highest BCUT2D eigenvalue weighted by Gasteiger charge is 2.16. The molecular weight excluding hydrogens is 370 g/mol. The van der Waals surface area contributed by atoms with Gasteiger partial charge in [0.05, 0.1) is 23.0 Å². The number of fused-ring (bicyclic) bond motifs is 1. The van der Waals surface area contributed by atoms with Crippen LogP contribution in [-0.4, -0.2) is 28.9 Å². The summed E-state index contributed by atoms with van der Waals surface area (Å²) in [4.78, 5) is 12.5. The van der Waals surface area contributed by atoms with Crippen molar-refractivity contribution in [2.75, 3.05) is 18.5 Å². The first-order chi connectivity index (χ1) is 13.0. The summed E-state index contributed by atoms with van der Waals surface area (Å²) in [5.41, 5.74) is 2.22. The van der Waals surface area contributed by atoms with Crippen molar-refractivity contribution in [3.63, 3.8) is 0 Å². The van der Waals surface area contributed by atoms with Crippen LogP contribution in [0.3, 0.4) is 0 Å². The Labute approximate surface area is 160 Å². The van der Waals surface area contributed by atoms with E-state index in [4.69, 9.17) is 25.5 Å². The number of hydrogen-bond donors (Lipinski definition) is 1. The third-order valence-electron chi connectivity index (χ3n) is 4.28. The number of furan rings is 1. The van der Waals surface area contributed by atoms with Gasteiger partial charge in [-0.1, -0.05) is 11.6 Å².